The van der Waals surface area contributed by atoms with Crippen LogP contribution in [0.5, 0.6) is 0 Å². The Bertz CT molecular complexity index is 1260. The Morgan fingerprint density at radius 3 is 2.03 bits per heavy atom. The van der Waals surface area contributed by atoms with Gasteiger partial charge in [0.15, 0.2) is 11.2 Å². The van der Waals surface area contributed by atoms with Crippen molar-refractivity contribution in [3.8, 4) is 0 Å². The van der Waals surface area contributed by atoms with Gasteiger partial charge in [0.25, 0.3) is 0 Å². The van der Waals surface area contributed by atoms with Crippen LogP contribution in [0.15, 0.2) is 60.2 Å². The minimum absolute atomic E-state index is 0.0235. The predicted molar refractivity (Wildman–Crippen MR) is 140 cm³/mol. The van der Waals surface area contributed by atoms with Crippen molar-refractivity contribution in [2.45, 2.75) is 48.0 Å². The molecule has 0 N–H and O–H groups in total. The molecule has 0 radical (unpaired) electrons. The first kappa shape index (κ1) is 25.6. The number of hydrogen-bond donors (Lipinski definition) is 0. The van der Waals surface area contributed by atoms with E-state index in [2.05, 4.69) is 0 Å². The van der Waals surface area contributed by atoms with Crippen molar-refractivity contribution in [2.24, 2.45) is 16.7 Å². The van der Waals surface area contributed by atoms with Gasteiger partial charge in [-0.1, -0.05) is 65.7 Å². The van der Waals surface area contributed by atoms with E-state index in [1.807, 2.05) is 82.3 Å². The standard InChI is InChI=1S/C31H34O5/c1-7-35-28(33)31(29(34)36-8-2)18-30(6)26(22-11-9-10-12-23(22)27(30)32)25(24(31)17-19(3)4)21-15-13-20(5)14-16-21/h9-17,24H,7-8,18H2,1-6H3/t24-,30+/m0/s1. The second-order valence-electron chi connectivity index (χ2n) is 10.2. The van der Waals surface area contributed by atoms with Crippen molar-refractivity contribution in [1.29, 1.82) is 0 Å². The van der Waals surface area contributed by atoms with E-state index < -0.39 is 28.7 Å². The van der Waals surface area contributed by atoms with Crippen LogP contribution >= 0.6 is 0 Å². The van der Waals surface area contributed by atoms with Gasteiger partial charge in [-0.05, 0) is 70.2 Å². The third kappa shape index (κ3) is 3.82. The van der Waals surface area contributed by atoms with Gasteiger partial charge in [-0.15, -0.1) is 0 Å². The number of fused-ring (bicyclic) bond motifs is 3. The SMILES string of the molecule is CCOC(=O)C1(C(=O)OCC)C[C@@]2(C)C(=O)c3ccccc3C2=C(c2ccc(C)cc2)[C@@H]1C=C(C)C. The van der Waals surface area contributed by atoms with Crippen molar-refractivity contribution in [3.63, 3.8) is 0 Å². The minimum atomic E-state index is -1.71. The number of benzene rings is 2. The molecule has 0 amide bonds. The number of ketones is 1. The zero-order valence-electron chi connectivity index (χ0n) is 21.9. The van der Waals surface area contributed by atoms with E-state index in [0.29, 0.717) is 5.56 Å². The third-order valence-corrected chi connectivity index (χ3v) is 7.38. The molecule has 0 spiro atoms. The summed E-state index contributed by atoms with van der Waals surface area (Å²) in [5, 5.41) is 0. The lowest BCUT2D eigenvalue weighted by atomic mass is 9.54. The second kappa shape index (κ2) is 9.53. The van der Waals surface area contributed by atoms with Crippen LogP contribution in [0.25, 0.3) is 11.1 Å². The molecule has 188 valence electrons. The molecule has 36 heavy (non-hydrogen) atoms. The van der Waals surface area contributed by atoms with Gasteiger partial charge in [-0.2, -0.15) is 0 Å². The predicted octanol–water partition coefficient (Wildman–Crippen LogP) is 6.21. The van der Waals surface area contributed by atoms with Crippen LogP contribution in [0.1, 0.15) is 68.1 Å². The smallest absolute Gasteiger partial charge is 0.324 e. The molecule has 0 bridgehead atoms. The molecular formula is C31H34O5. The summed E-state index contributed by atoms with van der Waals surface area (Å²) >= 11 is 0. The number of hydrogen-bond acceptors (Lipinski definition) is 5. The van der Waals surface area contributed by atoms with Crippen molar-refractivity contribution >= 4 is 28.9 Å². The summed E-state index contributed by atoms with van der Waals surface area (Å²) in [6, 6.07) is 15.6. The lowest BCUT2D eigenvalue weighted by Crippen LogP contribution is -2.54. The minimum Gasteiger partial charge on any atom is -0.465 e. The number of carbonyl (C=O) groups is 3. The number of allylic oxidation sites excluding steroid dienone is 4. The number of esters is 2. The highest BCUT2D eigenvalue weighted by Crippen LogP contribution is 2.64. The van der Waals surface area contributed by atoms with Gasteiger partial charge in [-0.3, -0.25) is 14.4 Å². The fourth-order valence-corrected chi connectivity index (χ4v) is 5.90. The van der Waals surface area contributed by atoms with Crippen LogP contribution in [0, 0.1) is 23.7 Å². The molecule has 0 fully saturated rings. The summed E-state index contributed by atoms with van der Waals surface area (Å²) in [5.41, 5.74) is 3.23. The molecule has 2 aromatic carbocycles. The van der Waals surface area contributed by atoms with Gasteiger partial charge in [-0.25, -0.2) is 0 Å². The zero-order valence-corrected chi connectivity index (χ0v) is 21.9. The van der Waals surface area contributed by atoms with E-state index in [-0.39, 0.29) is 25.4 Å². The number of Topliss-reactive ketones (excluding diaryl/α,β-unsaturated/α-hetero) is 1. The number of aryl methyl sites for hydroxylation is 1. The Balaban J connectivity index is 2.18. The first-order valence-electron chi connectivity index (χ1n) is 12.6. The topological polar surface area (TPSA) is 69.7 Å². The Hall–Kier alpha value is -3.47. The average molecular weight is 487 g/mol. The second-order valence-corrected chi connectivity index (χ2v) is 10.2. The van der Waals surface area contributed by atoms with Crippen molar-refractivity contribution in [3.05, 3.63) is 82.4 Å². The Morgan fingerprint density at radius 2 is 1.50 bits per heavy atom. The summed E-state index contributed by atoms with van der Waals surface area (Å²) in [7, 11) is 0. The molecule has 2 aliphatic carbocycles. The highest BCUT2D eigenvalue weighted by molar-refractivity contribution is 6.23. The van der Waals surface area contributed by atoms with Crippen LogP contribution in [0.4, 0.5) is 0 Å². The number of rotatable bonds is 6. The molecular weight excluding hydrogens is 452 g/mol. The molecule has 0 saturated heterocycles. The molecule has 5 nitrogen and oxygen atoms in total. The molecule has 0 aromatic heterocycles. The summed E-state index contributed by atoms with van der Waals surface area (Å²) in [5.74, 6) is -2.07. The van der Waals surface area contributed by atoms with Gasteiger partial charge in [0.2, 0.25) is 0 Å². The molecule has 0 unspecified atom stereocenters. The van der Waals surface area contributed by atoms with Gasteiger partial charge in [0.1, 0.15) is 0 Å². The number of ether oxygens (including phenoxy) is 2. The Morgan fingerprint density at radius 1 is 0.944 bits per heavy atom. The zero-order chi connectivity index (χ0) is 26.3. The molecule has 0 aliphatic heterocycles. The maximum Gasteiger partial charge on any atom is 0.324 e. The van der Waals surface area contributed by atoms with E-state index in [1.165, 1.54) is 0 Å². The number of carbonyl (C=O) groups excluding carboxylic acids is 3. The first-order chi connectivity index (χ1) is 17.1. The van der Waals surface area contributed by atoms with E-state index in [9.17, 15) is 14.4 Å². The fourth-order valence-electron chi connectivity index (χ4n) is 5.90. The van der Waals surface area contributed by atoms with Gasteiger partial charge in [0.05, 0.1) is 18.6 Å². The highest BCUT2D eigenvalue weighted by atomic mass is 16.6. The van der Waals surface area contributed by atoms with Gasteiger partial charge < -0.3 is 9.47 Å². The highest BCUT2D eigenvalue weighted by Gasteiger charge is 2.66. The normalized spacial score (nSPS) is 21.9. The summed E-state index contributed by atoms with van der Waals surface area (Å²) < 4.78 is 11.1. The van der Waals surface area contributed by atoms with Crippen molar-refractivity contribution in [1.82, 2.24) is 0 Å². The van der Waals surface area contributed by atoms with Crippen molar-refractivity contribution < 1.29 is 23.9 Å². The van der Waals surface area contributed by atoms with E-state index in [1.54, 1.807) is 13.8 Å². The van der Waals surface area contributed by atoms with Crippen LogP contribution < -0.4 is 0 Å². The largest absolute Gasteiger partial charge is 0.465 e. The Kier molecular flexibility index (Phi) is 6.78. The monoisotopic (exact) mass is 486 g/mol. The van der Waals surface area contributed by atoms with Crippen LogP contribution in [-0.4, -0.2) is 30.9 Å². The molecule has 2 atom stereocenters. The molecule has 0 saturated carbocycles. The van der Waals surface area contributed by atoms with Crippen LogP contribution in [0.3, 0.4) is 0 Å². The quantitative estimate of drug-likeness (QED) is 0.276. The van der Waals surface area contributed by atoms with Crippen molar-refractivity contribution in [2.75, 3.05) is 13.2 Å². The van der Waals surface area contributed by atoms with E-state index in [4.69, 9.17) is 9.47 Å². The van der Waals surface area contributed by atoms with E-state index >= 15 is 0 Å². The maximum atomic E-state index is 14.0. The maximum absolute atomic E-state index is 14.0. The fraction of sp³-hybridized carbons (Fsp3) is 0.387. The summed E-state index contributed by atoms with van der Waals surface area (Å²) in [6.07, 6.45) is 1.94. The van der Waals surface area contributed by atoms with Gasteiger partial charge in [0, 0.05) is 11.5 Å². The lowest BCUT2D eigenvalue weighted by molar-refractivity contribution is -0.176. The molecule has 0 heterocycles. The molecule has 2 aromatic rings. The summed E-state index contributed by atoms with van der Waals surface area (Å²) in [6.45, 7) is 11.4. The molecule has 4 rings (SSSR count). The average Bonchev–Trinajstić information content (AvgIpc) is 3.06. The van der Waals surface area contributed by atoms with Crippen LogP contribution in [0.2, 0.25) is 0 Å². The third-order valence-electron chi connectivity index (χ3n) is 7.38. The van der Waals surface area contributed by atoms with Gasteiger partial charge >= 0.3 is 11.9 Å². The first-order valence-corrected chi connectivity index (χ1v) is 12.6. The van der Waals surface area contributed by atoms with Crippen LogP contribution in [-0.2, 0) is 19.1 Å². The lowest BCUT2D eigenvalue weighted by Gasteiger charge is -2.47. The van der Waals surface area contributed by atoms with E-state index in [0.717, 1.165) is 33.4 Å². The molecule has 2 aliphatic rings. The molecule has 5 heteroatoms. The summed E-state index contributed by atoms with van der Waals surface area (Å²) in [4.78, 5) is 41.8. The Labute approximate surface area is 213 Å².